The summed E-state index contributed by atoms with van der Waals surface area (Å²) in [6.45, 7) is 3.25. The van der Waals surface area contributed by atoms with Crippen molar-refractivity contribution in [1.82, 2.24) is 4.90 Å². The number of methoxy groups -OCH3 is 1. The van der Waals surface area contributed by atoms with E-state index in [1.54, 1.807) is 7.11 Å². The molecule has 0 aliphatic carbocycles. The van der Waals surface area contributed by atoms with Gasteiger partial charge < -0.3 is 20.3 Å². The molecule has 28 heavy (non-hydrogen) atoms. The van der Waals surface area contributed by atoms with Crippen molar-refractivity contribution in [3.8, 4) is 5.75 Å². The first-order chi connectivity index (χ1) is 13.6. The van der Waals surface area contributed by atoms with Gasteiger partial charge in [0.15, 0.2) is 0 Å². The van der Waals surface area contributed by atoms with Crippen molar-refractivity contribution in [1.29, 1.82) is 0 Å². The maximum absolute atomic E-state index is 12.7. The topological polar surface area (TPSA) is 70.7 Å². The summed E-state index contributed by atoms with van der Waals surface area (Å²) in [6.07, 6.45) is 1.62. The number of carbonyl (C=O) groups excluding carboxylic acids is 2. The van der Waals surface area contributed by atoms with Gasteiger partial charge in [-0.15, -0.1) is 0 Å². The molecular weight excluding hydrogens is 354 g/mol. The van der Waals surface area contributed by atoms with Crippen LogP contribution >= 0.6 is 0 Å². The second kappa shape index (κ2) is 9.26. The van der Waals surface area contributed by atoms with Crippen LogP contribution in [0.25, 0.3) is 0 Å². The Bertz CT molecular complexity index is 802. The van der Waals surface area contributed by atoms with E-state index in [1.807, 2.05) is 66.4 Å². The van der Waals surface area contributed by atoms with E-state index in [-0.39, 0.29) is 23.8 Å². The number of ether oxygens (including phenoxy) is 1. The fraction of sp³-hybridized carbons (Fsp3) is 0.364. The number of benzene rings is 2. The van der Waals surface area contributed by atoms with Gasteiger partial charge in [-0.2, -0.15) is 0 Å². The first-order valence-corrected chi connectivity index (χ1v) is 9.63. The number of hydrogen-bond acceptors (Lipinski definition) is 3. The molecule has 1 fully saturated rings. The molecule has 148 valence electrons. The third-order valence-electron chi connectivity index (χ3n) is 5.34. The monoisotopic (exact) mass is 381 g/mol. The second-order valence-corrected chi connectivity index (χ2v) is 7.10. The van der Waals surface area contributed by atoms with Crippen LogP contribution in [0.15, 0.2) is 54.6 Å². The molecular formula is C22H27N3O3. The summed E-state index contributed by atoms with van der Waals surface area (Å²) in [6, 6.07) is 16.7. The molecule has 3 rings (SSSR count). The number of amides is 3. The molecule has 1 aliphatic heterocycles. The fourth-order valence-corrected chi connectivity index (χ4v) is 3.54. The van der Waals surface area contributed by atoms with Crippen LogP contribution in [0.1, 0.15) is 19.8 Å². The number of carbonyl (C=O) groups is 2. The van der Waals surface area contributed by atoms with Gasteiger partial charge in [-0.05, 0) is 43.0 Å². The van der Waals surface area contributed by atoms with Gasteiger partial charge in [-0.3, -0.25) is 4.79 Å². The number of likely N-dealkylation sites (tertiary alicyclic amines) is 1. The van der Waals surface area contributed by atoms with Gasteiger partial charge in [0.2, 0.25) is 5.91 Å². The van der Waals surface area contributed by atoms with Crippen LogP contribution in [0.4, 0.5) is 16.2 Å². The molecule has 1 saturated heterocycles. The van der Waals surface area contributed by atoms with E-state index in [0.717, 1.165) is 18.5 Å². The van der Waals surface area contributed by atoms with Gasteiger partial charge in [0.1, 0.15) is 5.75 Å². The molecule has 2 aromatic rings. The largest absolute Gasteiger partial charge is 0.495 e. The van der Waals surface area contributed by atoms with Crippen LogP contribution < -0.4 is 15.4 Å². The summed E-state index contributed by atoms with van der Waals surface area (Å²) in [4.78, 5) is 26.9. The Balaban J connectivity index is 1.51. The normalized spacial score (nSPS) is 15.6. The highest BCUT2D eigenvalue weighted by Crippen LogP contribution is 2.28. The molecule has 3 amide bonds. The van der Waals surface area contributed by atoms with E-state index in [2.05, 4.69) is 10.6 Å². The van der Waals surface area contributed by atoms with Gasteiger partial charge in [0, 0.05) is 24.7 Å². The Labute approximate surface area is 165 Å². The predicted molar refractivity (Wildman–Crippen MR) is 111 cm³/mol. The molecule has 6 nitrogen and oxygen atoms in total. The van der Waals surface area contributed by atoms with Gasteiger partial charge in [-0.1, -0.05) is 37.3 Å². The number of nitrogens with one attached hydrogen (secondary N) is 2. The third-order valence-corrected chi connectivity index (χ3v) is 5.34. The summed E-state index contributed by atoms with van der Waals surface area (Å²) in [7, 11) is 1.59. The van der Waals surface area contributed by atoms with Crippen LogP contribution in [-0.4, -0.2) is 37.0 Å². The molecule has 0 aromatic heterocycles. The summed E-state index contributed by atoms with van der Waals surface area (Å²) in [5.74, 6) is 0.742. The number of hydrogen-bond donors (Lipinski definition) is 2. The third kappa shape index (κ3) is 4.82. The minimum Gasteiger partial charge on any atom is -0.495 e. The van der Waals surface area contributed by atoms with E-state index < -0.39 is 0 Å². The van der Waals surface area contributed by atoms with E-state index in [4.69, 9.17) is 4.74 Å². The number of rotatable bonds is 5. The zero-order valence-electron chi connectivity index (χ0n) is 16.4. The van der Waals surface area contributed by atoms with Crippen molar-refractivity contribution in [3.05, 3.63) is 54.6 Å². The maximum atomic E-state index is 12.7. The Morgan fingerprint density at radius 2 is 1.64 bits per heavy atom. The average molecular weight is 381 g/mol. The van der Waals surface area contributed by atoms with Gasteiger partial charge in [0.25, 0.3) is 0 Å². The SMILES string of the molecule is COc1ccccc1NC(=O)[C@@H](C)C1CCN(C(=O)Nc2ccccc2)CC1. The summed E-state index contributed by atoms with van der Waals surface area (Å²) >= 11 is 0. The van der Waals surface area contributed by atoms with Gasteiger partial charge in [0.05, 0.1) is 12.8 Å². The number of nitrogens with zero attached hydrogens (tertiary/aromatic N) is 1. The summed E-state index contributed by atoms with van der Waals surface area (Å²) < 4.78 is 5.29. The average Bonchev–Trinajstić information content (AvgIpc) is 2.74. The van der Waals surface area contributed by atoms with Crippen molar-refractivity contribution in [2.75, 3.05) is 30.8 Å². The lowest BCUT2D eigenvalue weighted by atomic mass is 9.85. The first-order valence-electron chi connectivity index (χ1n) is 9.63. The molecule has 0 bridgehead atoms. The molecule has 1 aliphatic rings. The number of urea groups is 1. The highest BCUT2D eigenvalue weighted by atomic mass is 16.5. The standard InChI is InChI=1S/C22H27N3O3/c1-16(21(26)24-19-10-6-7-11-20(19)28-2)17-12-14-25(15-13-17)22(27)23-18-8-4-3-5-9-18/h3-11,16-17H,12-15H2,1-2H3,(H,23,27)(H,24,26)/t16-/m0/s1. The number of anilines is 2. The van der Waals surface area contributed by atoms with Crippen molar-refractivity contribution in [3.63, 3.8) is 0 Å². The Hall–Kier alpha value is -3.02. The van der Waals surface area contributed by atoms with Crippen molar-refractivity contribution < 1.29 is 14.3 Å². The molecule has 6 heteroatoms. The molecule has 2 N–H and O–H groups in total. The number of piperidine rings is 1. The fourth-order valence-electron chi connectivity index (χ4n) is 3.54. The van der Waals surface area contributed by atoms with Crippen molar-refractivity contribution in [2.45, 2.75) is 19.8 Å². The van der Waals surface area contributed by atoms with E-state index in [9.17, 15) is 9.59 Å². The van der Waals surface area contributed by atoms with Crippen molar-refractivity contribution >= 4 is 23.3 Å². The van der Waals surface area contributed by atoms with Gasteiger partial charge >= 0.3 is 6.03 Å². The summed E-state index contributed by atoms with van der Waals surface area (Å²) in [5, 5.41) is 5.89. The Morgan fingerprint density at radius 3 is 2.32 bits per heavy atom. The molecule has 0 spiro atoms. The minimum absolute atomic E-state index is 0.0170. The van der Waals surface area contributed by atoms with Crippen LogP contribution in [-0.2, 0) is 4.79 Å². The van der Waals surface area contributed by atoms with Crippen LogP contribution in [0.3, 0.4) is 0 Å². The van der Waals surface area contributed by atoms with Crippen LogP contribution in [0.2, 0.25) is 0 Å². The lowest BCUT2D eigenvalue weighted by molar-refractivity contribution is -0.121. The quantitative estimate of drug-likeness (QED) is 0.815. The molecule has 0 unspecified atom stereocenters. The van der Waals surface area contributed by atoms with E-state index >= 15 is 0 Å². The molecule has 1 heterocycles. The second-order valence-electron chi connectivity index (χ2n) is 7.10. The van der Waals surface area contributed by atoms with Crippen LogP contribution in [0.5, 0.6) is 5.75 Å². The van der Waals surface area contributed by atoms with E-state index in [1.165, 1.54) is 0 Å². The first kappa shape index (κ1) is 19.7. The van der Waals surface area contributed by atoms with Gasteiger partial charge in [-0.25, -0.2) is 4.79 Å². The maximum Gasteiger partial charge on any atom is 0.321 e. The van der Waals surface area contributed by atoms with Crippen molar-refractivity contribution in [2.24, 2.45) is 11.8 Å². The highest BCUT2D eigenvalue weighted by molar-refractivity contribution is 5.94. The lowest BCUT2D eigenvalue weighted by Gasteiger charge is -2.34. The Morgan fingerprint density at radius 1 is 1.00 bits per heavy atom. The molecule has 0 radical (unpaired) electrons. The zero-order chi connectivity index (χ0) is 19.9. The van der Waals surface area contributed by atoms with Crippen LogP contribution in [0, 0.1) is 11.8 Å². The predicted octanol–water partition coefficient (Wildman–Crippen LogP) is 4.21. The van der Waals surface area contributed by atoms with E-state index in [0.29, 0.717) is 24.5 Å². The smallest absolute Gasteiger partial charge is 0.321 e. The molecule has 2 aromatic carbocycles. The molecule has 1 atom stereocenters. The Kier molecular flexibility index (Phi) is 6.53. The highest BCUT2D eigenvalue weighted by Gasteiger charge is 2.30. The lowest BCUT2D eigenvalue weighted by Crippen LogP contribution is -2.43. The number of para-hydroxylation sites is 3. The molecule has 0 saturated carbocycles. The zero-order valence-corrected chi connectivity index (χ0v) is 16.4. The minimum atomic E-state index is -0.135. The summed E-state index contributed by atoms with van der Waals surface area (Å²) in [5.41, 5.74) is 1.47.